The second kappa shape index (κ2) is 14.5. The smallest absolute Gasteiger partial charge is 0.302 e. The lowest BCUT2D eigenvalue weighted by Gasteiger charge is -2.46. The van der Waals surface area contributed by atoms with Crippen molar-refractivity contribution >= 4 is 29.3 Å². The molecule has 17 heteroatoms. The van der Waals surface area contributed by atoms with Gasteiger partial charge >= 0.3 is 5.97 Å². The molecule has 12 nitrogen and oxygen atoms in total. The van der Waals surface area contributed by atoms with Crippen molar-refractivity contribution in [3.05, 3.63) is 71.3 Å². The first kappa shape index (κ1) is 34.3. The van der Waals surface area contributed by atoms with Gasteiger partial charge < -0.3 is 24.1 Å². The highest BCUT2D eigenvalue weighted by Gasteiger charge is 2.49. The Hall–Kier alpha value is -3.54. The first-order valence-electron chi connectivity index (χ1n) is 15.0. The van der Waals surface area contributed by atoms with Crippen molar-refractivity contribution < 1.29 is 42.0 Å². The van der Waals surface area contributed by atoms with Crippen LogP contribution in [-0.2, 0) is 23.7 Å². The number of carbonyl (C=O) groups is 1. The molecule has 256 valence electrons. The fourth-order valence-corrected chi connectivity index (χ4v) is 7.63. The molecule has 0 bridgehead atoms. The molecule has 4 heterocycles. The fraction of sp³-hybridized carbons (Fsp3) is 0.452. The molecule has 0 saturated carbocycles. The molecule has 2 saturated heterocycles. The van der Waals surface area contributed by atoms with Crippen LogP contribution < -0.4 is 0 Å². The zero-order chi connectivity index (χ0) is 34.1. The number of hydrogen-bond donors (Lipinski definition) is 1. The summed E-state index contributed by atoms with van der Waals surface area (Å²) in [5.41, 5.74) is 0.720. The molecule has 8 unspecified atom stereocenters. The minimum atomic E-state index is -1.58. The van der Waals surface area contributed by atoms with Gasteiger partial charge in [0.1, 0.15) is 35.6 Å². The monoisotopic (exact) mass is 708 g/mol. The van der Waals surface area contributed by atoms with E-state index in [1.807, 2.05) is 19.1 Å². The third-order valence-electron chi connectivity index (χ3n) is 8.48. The number of benzene rings is 2. The number of esters is 1. The minimum absolute atomic E-state index is 0.00568. The molecule has 2 aromatic carbocycles. The van der Waals surface area contributed by atoms with Gasteiger partial charge in [-0.2, -0.15) is 0 Å². The average molecular weight is 709 g/mol. The quantitative estimate of drug-likeness (QED) is 0.195. The number of hydrogen-bond acceptors (Lipinski definition) is 11. The van der Waals surface area contributed by atoms with Gasteiger partial charge in [0, 0.05) is 36.1 Å². The third-order valence-corrected chi connectivity index (χ3v) is 10.1. The number of rotatable bonds is 9. The summed E-state index contributed by atoms with van der Waals surface area (Å²) >= 11 is 7.43. The number of methoxy groups -OCH3 is 1. The molecule has 8 atom stereocenters. The van der Waals surface area contributed by atoms with Crippen LogP contribution in [0, 0.1) is 23.4 Å². The maximum absolute atomic E-state index is 14.0. The highest BCUT2D eigenvalue weighted by molar-refractivity contribution is 8.00. The van der Waals surface area contributed by atoms with Gasteiger partial charge in [-0.25, -0.2) is 22.5 Å². The Kier molecular flexibility index (Phi) is 10.4. The van der Waals surface area contributed by atoms with E-state index >= 15 is 0 Å². The Morgan fingerprint density at radius 2 is 1.75 bits per heavy atom. The normalized spacial score (nSPS) is 27.6. The lowest BCUT2D eigenvalue weighted by atomic mass is 9.89. The number of aliphatic hydroxyl groups excluding tert-OH is 1. The van der Waals surface area contributed by atoms with E-state index in [0.29, 0.717) is 10.7 Å². The number of aliphatic hydroxyl groups is 1. The topological polar surface area (TPSA) is 136 Å². The minimum Gasteiger partial charge on any atom is -0.463 e. The van der Waals surface area contributed by atoms with Crippen molar-refractivity contribution in [3.8, 4) is 22.5 Å². The van der Waals surface area contributed by atoms with Gasteiger partial charge in [0.05, 0.1) is 49.1 Å². The fourth-order valence-electron chi connectivity index (χ4n) is 5.95. The van der Waals surface area contributed by atoms with Gasteiger partial charge in [-0.3, -0.25) is 4.79 Å². The van der Waals surface area contributed by atoms with Gasteiger partial charge in [0.15, 0.2) is 17.5 Å². The molecule has 2 fully saturated rings. The van der Waals surface area contributed by atoms with Crippen molar-refractivity contribution in [2.75, 3.05) is 26.9 Å². The summed E-state index contributed by atoms with van der Waals surface area (Å²) in [6, 6.07) is 7.72. The number of aromatic nitrogens is 6. The summed E-state index contributed by atoms with van der Waals surface area (Å²) in [6.45, 7) is 3.46. The van der Waals surface area contributed by atoms with Crippen molar-refractivity contribution in [1.82, 2.24) is 30.0 Å². The summed E-state index contributed by atoms with van der Waals surface area (Å²) in [6.07, 6.45) is 0.933. The standard InChI is InChI=1S/C31H32ClF3N6O6S/c1-15-25(13-46-16(2)42)47-31(30(44-3)28(15)41-11-23(37-39-41)18-8-20(33)27(35)21(34)9-18)48-26-14-45-12-24(29(26)43)40-10-22(36-38-40)17-5-4-6-19(32)7-17/h4-11,15,24-26,28-31,43H,12-14H2,1-3H3. The van der Waals surface area contributed by atoms with Crippen LogP contribution in [-0.4, -0.2) is 97.0 Å². The predicted octanol–water partition coefficient (Wildman–Crippen LogP) is 4.49. The molecule has 2 aliphatic heterocycles. The molecule has 0 amide bonds. The Labute approximate surface area is 282 Å². The van der Waals surface area contributed by atoms with Gasteiger partial charge in [-0.15, -0.1) is 22.0 Å². The molecular formula is C31H32ClF3N6O6S. The SMILES string of the molecule is COC1C(SC2COCC(n3cc(-c4cccc(Cl)c4)nn3)C2O)OC(COC(C)=O)C(C)C1n1cc(-c2cc(F)c(F)c(F)c2)nn1. The molecule has 48 heavy (non-hydrogen) atoms. The number of carbonyl (C=O) groups excluding carboxylic acids is 1. The highest BCUT2D eigenvalue weighted by Crippen LogP contribution is 2.43. The van der Waals surface area contributed by atoms with Crippen molar-refractivity contribution in [2.45, 2.75) is 54.9 Å². The van der Waals surface area contributed by atoms with Crippen LogP contribution in [0.25, 0.3) is 22.5 Å². The molecule has 6 rings (SSSR count). The molecule has 0 radical (unpaired) electrons. The number of thioether (sulfide) groups is 1. The Morgan fingerprint density at radius 1 is 1.06 bits per heavy atom. The largest absolute Gasteiger partial charge is 0.463 e. The zero-order valence-electron chi connectivity index (χ0n) is 26.0. The lowest BCUT2D eigenvalue weighted by Crippen LogP contribution is -2.54. The number of halogens is 4. The van der Waals surface area contributed by atoms with Crippen molar-refractivity contribution in [1.29, 1.82) is 0 Å². The lowest BCUT2D eigenvalue weighted by molar-refractivity contribution is -0.172. The maximum atomic E-state index is 14.0. The second-order valence-corrected chi connectivity index (χ2v) is 13.4. The molecule has 1 N–H and O–H groups in total. The van der Waals surface area contributed by atoms with Gasteiger partial charge in [0.2, 0.25) is 0 Å². The van der Waals surface area contributed by atoms with Gasteiger partial charge in [-0.05, 0) is 24.3 Å². The predicted molar refractivity (Wildman–Crippen MR) is 167 cm³/mol. The van der Waals surface area contributed by atoms with Crippen LogP contribution >= 0.6 is 23.4 Å². The summed E-state index contributed by atoms with van der Waals surface area (Å²) in [4.78, 5) is 11.7. The Bertz CT molecular complexity index is 1740. The zero-order valence-corrected chi connectivity index (χ0v) is 27.5. The van der Waals surface area contributed by atoms with Crippen LogP contribution in [0.15, 0.2) is 48.8 Å². The van der Waals surface area contributed by atoms with E-state index in [0.717, 1.165) is 17.7 Å². The van der Waals surface area contributed by atoms with Gasteiger partial charge in [-0.1, -0.05) is 41.1 Å². The van der Waals surface area contributed by atoms with E-state index in [2.05, 4.69) is 20.6 Å². The van der Waals surface area contributed by atoms with E-state index < -0.39 is 64.5 Å². The summed E-state index contributed by atoms with van der Waals surface area (Å²) in [5.74, 6) is -5.16. The molecule has 0 spiro atoms. The average Bonchev–Trinajstić information content (AvgIpc) is 3.75. The Balaban J connectivity index is 1.25. The van der Waals surface area contributed by atoms with Crippen LogP contribution in [0.4, 0.5) is 13.2 Å². The van der Waals surface area contributed by atoms with Crippen LogP contribution in [0.5, 0.6) is 0 Å². The molecule has 2 aliphatic rings. The molecule has 0 aliphatic carbocycles. The number of nitrogens with zero attached hydrogens (tertiary/aromatic N) is 6. The third kappa shape index (κ3) is 7.09. The molecule has 4 aromatic rings. The maximum Gasteiger partial charge on any atom is 0.302 e. The first-order valence-corrected chi connectivity index (χ1v) is 16.3. The van der Waals surface area contributed by atoms with E-state index in [4.69, 9.17) is 30.5 Å². The summed E-state index contributed by atoms with van der Waals surface area (Å²) < 4.78 is 68.3. The molecule has 2 aromatic heterocycles. The molecular weight excluding hydrogens is 677 g/mol. The summed E-state index contributed by atoms with van der Waals surface area (Å²) in [7, 11) is 1.50. The van der Waals surface area contributed by atoms with Crippen molar-refractivity contribution in [2.24, 2.45) is 5.92 Å². The van der Waals surface area contributed by atoms with Crippen molar-refractivity contribution in [3.63, 3.8) is 0 Å². The van der Waals surface area contributed by atoms with Gasteiger partial charge in [0.25, 0.3) is 0 Å². The number of ether oxygens (including phenoxy) is 4. The van der Waals surface area contributed by atoms with E-state index in [1.54, 1.807) is 23.0 Å². The van der Waals surface area contributed by atoms with E-state index in [9.17, 15) is 23.1 Å². The van der Waals surface area contributed by atoms with Crippen LogP contribution in [0.1, 0.15) is 25.9 Å². The Morgan fingerprint density at radius 3 is 2.44 bits per heavy atom. The van der Waals surface area contributed by atoms with E-state index in [-0.39, 0.29) is 37.0 Å². The van der Waals surface area contributed by atoms with E-state index in [1.165, 1.54) is 36.7 Å². The second-order valence-electron chi connectivity index (χ2n) is 11.6. The first-order chi connectivity index (χ1) is 23.0. The highest BCUT2D eigenvalue weighted by atomic mass is 35.5. The van der Waals surface area contributed by atoms with Crippen LogP contribution in [0.3, 0.4) is 0 Å². The van der Waals surface area contributed by atoms with Crippen LogP contribution in [0.2, 0.25) is 5.02 Å². The summed E-state index contributed by atoms with van der Waals surface area (Å²) in [5, 5.41) is 28.4.